The highest BCUT2D eigenvalue weighted by Gasteiger charge is 2.19. The molecule has 4 nitrogen and oxygen atoms in total. The lowest BCUT2D eigenvalue weighted by Gasteiger charge is -2.15. The maximum absolute atomic E-state index is 12.2. The normalized spacial score (nSPS) is 16.2. The average molecular weight is 289 g/mol. The lowest BCUT2D eigenvalue weighted by Crippen LogP contribution is -2.19. The number of rotatable bonds is 4. The van der Waals surface area contributed by atoms with Crippen LogP contribution in [0.15, 0.2) is 18.2 Å². The van der Waals surface area contributed by atoms with Crippen molar-refractivity contribution in [1.29, 1.82) is 0 Å². The van der Waals surface area contributed by atoms with Gasteiger partial charge < -0.3 is 10.4 Å². The summed E-state index contributed by atoms with van der Waals surface area (Å²) in [7, 11) is 0. The van der Waals surface area contributed by atoms with Gasteiger partial charge in [-0.2, -0.15) is 0 Å². The number of nitrogens with one attached hydrogen (secondary N) is 1. The highest BCUT2D eigenvalue weighted by Crippen LogP contribution is 2.27. The Labute approximate surface area is 125 Å². The van der Waals surface area contributed by atoms with Crippen LogP contribution >= 0.6 is 0 Å². The number of para-hydroxylation sites is 1. The molecule has 0 bridgehead atoms. The molecule has 0 radical (unpaired) electrons. The Morgan fingerprint density at radius 2 is 1.86 bits per heavy atom. The van der Waals surface area contributed by atoms with Crippen LogP contribution in [0.5, 0.6) is 0 Å². The molecule has 0 aliphatic heterocycles. The summed E-state index contributed by atoms with van der Waals surface area (Å²) in [6, 6.07) is 5.03. The highest BCUT2D eigenvalue weighted by molar-refractivity contribution is 6.01. The molecular weight excluding hydrogens is 266 g/mol. The quantitative estimate of drug-likeness (QED) is 0.823. The van der Waals surface area contributed by atoms with Gasteiger partial charge in [-0.15, -0.1) is 0 Å². The van der Waals surface area contributed by atoms with Crippen molar-refractivity contribution in [3.8, 4) is 0 Å². The van der Waals surface area contributed by atoms with Crippen LogP contribution in [0.25, 0.3) is 0 Å². The minimum Gasteiger partial charge on any atom is -0.478 e. The number of benzene rings is 1. The van der Waals surface area contributed by atoms with Crippen molar-refractivity contribution >= 4 is 17.6 Å². The van der Waals surface area contributed by atoms with E-state index >= 15 is 0 Å². The Bertz CT molecular complexity index is 517. The molecule has 114 valence electrons. The maximum Gasteiger partial charge on any atom is 0.337 e. The van der Waals surface area contributed by atoms with Gasteiger partial charge in [0.2, 0.25) is 5.91 Å². The van der Waals surface area contributed by atoms with Crippen molar-refractivity contribution in [3.63, 3.8) is 0 Å². The molecule has 1 amide bonds. The fourth-order valence-corrected chi connectivity index (χ4v) is 3.03. The van der Waals surface area contributed by atoms with Crippen molar-refractivity contribution in [3.05, 3.63) is 29.3 Å². The molecule has 1 aliphatic carbocycles. The number of anilines is 1. The Balaban J connectivity index is 2.03. The van der Waals surface area contributed by atoms with Gasteiger partial charge in [-0.1, -0.05) is 37.8 Å². The second-order valence-electron chi connectivity index (χ2n) is 5.91. The van der Waals surface area contributed by atoms with E-state index in [9.17, 15) is 14.7 Å². The molecule has 4 heteroatoms. The summed E-state index contributed by atoms with van der Waals surface area (Å²) in [5.74, 6) is -0.646. The molecule has 0 atom stereocenters. The van der Waals surface area contributed by atoms with E-state index in [2.05, 4.69) is 5.32 Å². The molecule has 1 fully saturated rings. The fraction of sp³-hybridized carbons (Fsp3) is 0.529. The lowest BCUT2D eigenvalue weighted by molar-refractivity contribution is -0.117. The number of hydrogen-bond acceptors (Lipinski definition) is 2. The topological polar surface area (TPSA) is 66.4 Å². The molecule has 1 aromatic rings. The summed E-state index contributed by atoms with van der Waals surface area (Å²) < 4.78 is 0. The molecule has 1 aliphatic rings. The van der Waals surface area contributed by atoms with Crippen molar-refractivity contribution in [2.45, 2.75) is 51.9 Å². The minimum absolute atomic E-state index is 0.0706. The Morgan fingerprint density at radius 1 is 1.19 bits per heavy atom. The largest absolute Gasteiger partial charge is 0.478 e. The Kier molecular flexibility index (Phi) is 5.37. The lowest BCUT2D eigenvalue weighted by atomic mass is 9.96. The van der Waals surface area contributed by atoms with E-state index in [0.29, 0.717) is 18.0 Å². The van der Waals surface area contributed by atoms with Gasteiger partial charge in [0.05, 0.1) is 11.3 Å². The smallest absolute Gasteiger partial charge is 0.337 e. The Hall–Kier alpha value is -1.84. The summed E-state index contributed by atoms with van der Waals surface area (Å²) in [6.45, 7) is 1.81. The van der Waals surface area contributed by atoms with Gasteiger partial charge in [-0.25, -0.2) is 4.79 Å². The Morgan fingerprint density at radius 3 is 2.48 bits per heavy atom. The van der Waals surface area contributed by atoms with E-state index in [1.165, 1.54) is 31.7 Å². The van der Waals surface area contributed by atoms with Gasteiger partial charge in [0, 0.05) is 6.42 Å². The number of carbonyl (C=O) groups is 2. The molecule has 0 saturated heterocycles. The molecule has 0 heterocycles. The number of amides is 1. The molecule has 2 rings (SSSR count). The van der Waals surface area contributed by atoms with E-state index < -0.39 is 5.97 Å². The molecule has 0 aromatic heterocycles. The predicted octanol–water partition coefficient (Wildman–Crippen LogP) is 3.99. The van der Waals surface area contributed by atoms with Gasteiger partial charge in [0.15, 0.2) is 0 Å². The third-order valence-corrected chi connectivity index (χ3v) is 4.22. The molecule has 21 heavy (non-hydrogen) atoms. The number of aromatic carboxylic acids is 1. The van der Waals surface area contributed by atoms with Crippen LogP contribution < -0.4 is 5.32 Å². The molecular formula is C17H23NO3. The summed E-state index contributed by atoms with van der Waals surface area (Å²) in [5.41, 5.74) is 1.37. The second-order valence-corrected chi connectivity index (χ2v) is 5.91. The van der Waals surface area contributed by atoms with E-state index in [1.807, 2.05) is 13.0 Å². The third kappa shape index (κ3) is 4.31. The predicted molar refractivity (Wildman–Crippen MR) is 82.6 cm³/mol. The zero-order valence-electron chi connectivity index (χ0n) is 12.5. The first kappa shape index (κ1) is 15.5. The number of aryl methyl sites for hydroxylation is 1. The maximum atomic E-state index is 12.2. The number of carboxylic acid groups (broad SMARTS) is 1. The summed E-state index contributed by atoms with van der Waals surface area (Å²) in [4.78, 5) is 23.5. The van der Waals surface area contributed by atoms with E-state index in [0.717, 1.165) is 18.4 Å². The zero-order valence-corrected chi connectivity index (χ0v) is 12.5. The minimum atomic E-state index is -1.01. The van der Waals surface area contributed by atoms with Gasteiger partial charge in [0.1, 0.15) is 0 Å². The average Bonchev–Trinajstić information content (AvgIpc) is 2.69. The SMILES string of the molecule is Cc1cccc(C(=O)O)c1NC(=O)CC1CCCCCC1. The van der Waals surface area contributed by atoms with Crippen LogP contribution in [0.2, 0.25) is 0 Å². The molecule has 1 saturated carbocycles. The van der Waals surface area contributed by atoms with Gasteiger partial charge in [-0.3, -0.25) is 4.79 Å². The summed E-state index contributed by atoms with van der Waals surface area (Å²) in [5, 5.41) is 12.0. The first-order valence-electron chi connectivity index (χ1n) is 7.70. The van der Waals surface area contributed by atoms with Crippen LogP contribution in [-0.4, -0.2) is 17.0 Å². The van der Waals surface area contributed by atoms with Crippen LogP contribution in [-0.2, 0) is 4.79 Å². The van der Waals surface area contributed by atoms with Gasteiger partial charge in [0.25, 0.3) is 0 Å². The molecule has 0 unspecified atom stereocenters. The number of carboxylic acids is 1. The summed E-state index contributed by atoms with van der Waals surface area (Å²) >= 11 is 0. The van der Waals surface area contributed by atoms with E-state index in [-0.39, 0.29) is 11.5 Å². The molecule has 0 spiro atoms. The first-order chi connectivity index (χ1) is 10.1. The number of hydrogen-bond donors (Lipinski definition) is 2. The van der Waals surface area contributed by atoms with Crippen molar-refractivity contribution in [1.82, 2.24) is 0 Å². The van der Waals surface area contributed by atoms with Crippen LogP contribution in [0.4, 0.5) is 5.69 Å². The van der Waals surface area contributed by atoms with Crippen molar-refractivity contribution in [2.75, 3.05) is 5.32 Å². The van der Waals surface area contributed by atoms with E-state index in [4.69, 9.17) is 0 Å². The summed E-state index contributed by atoms with van der Waals surface area (Å²) in [6.07, 6.45) is 7.62. The third-order valence-electron chi connectivity index (χ3n) is 4.22. The molecule has 1 aromatic carbocycles. The standard InChI is InChI=1S/C17H23NO3/c1-12-7-6-10-14(17(20)21)16(12)18-15(19)11-13-8-4-2-3-5-9-13/h6-7,10,13H,2-5,8-9,11H2,1H3,(H,18,19)(H,20,21). The van der Waals surface area contributed by atoms with Crippen LogP contribution in [0, 0.1) is 12.8 Å². The first-order valence-corrected chi connectivity index (χ1v) is 7.70. The van der Waals surface area contributed by atoms with Crippen LogP contribution in [0.1, 0.15) is 60.9 Å². The van der Waals surface area contributed by atoms with Gasteiger partial charge in [-0.05, 0) is 37.3 Å². The molecule has 2 N–H and O–H groups in total. The van der Waals surface area contributed by atoms with Crippen molar-refractivity contribution in [2.24, 2.45) is 5.92 Å². The monoisotopic (exact) mass is 289 g/mol. The highest BCUT2D eigenvalue weighted by atomic mass is 16.4. The number of carbonyl (C=O) groups excluding carboxylic acids is 1. The fourth-order valence-electron chi connectivity index (χ4n) is 3.03. The second kappa shape index (κ2) is 7.25. The van der Waals surface area contributed by atoms with Crippen LogP contribution in [0.3, 0.4) is 0 Å². The van der Waals surface area contributed by atoms with Crippen molar-refractivity contribution < 1.29 is 14.7 Å². The van der Waals surface area contributed by atoms with E-state index in [1.54, 1.807) is 6.07 Å². The van der Waals surface area contributed by atoms with Gasteiger partial charge >= 0.3 is 5.97 Å². The zero-order chi connectivity index (χ0) is 15.2.